The number of H-pyrrole nitrogens is 1. The highest BCUT2D eigenvalue weighted by atomic mass is 35.5. The summed E-state index contributed by atoms with van der Waals surface area (Å²) in [6, 6.07) is 1.76. The minimum Gasteiger partial charge on any atom is -0.456 e. The van der Waals surface area contributed by atoms with Gasteiger partial charge < -0.3 is 29.6 Å². The first-order valence-corrected chi connectivity index (χ1v) is 15.0. The molecule has 4 aliphatic rings. The fourth-order valence-corrected chi connectivity index (χ4v) is 6.36. The summed E-state index contributed by atoms with van der Waals surface area (Å²) < 4.78 is 71.9. The van der Waals surface area contributed by atoms with Gasteiger partial charge in [0, 0.05) is 31.6 Å². The van der Waals surface area contributed by atoms with Gasteiger partial charge >= 0.3 is 0 Å². The van der Waals surface area contributed by atoms with E-state index in [0.29, 0.717) is 17.5 Å². The number of sulfonamides is 1. The van der Waals surface area contributed by atoms with Crippen LogP contribution in [0.25, 0.3) is 11.2 Å². The average Bonchev–Trinajstić information content (AvgIpc) is 3.59. The van der Waals surface area contributed by atoms with E-state index in [4.69, 9.17) is 25.8 Å². The largest absolute Gasteiger partial charge is 0.456 e. The van der Waals surface area contributed by atoms with Crippen LogP contribution in [-0.2, 0) is 19.5 Å². The predicted molar refractivity (Wildman–Crippen MR) is 142 cm³/mol. The van der Waals surface area contributed by atoms with Gasteiger partial charge in [0.2, 0.25) is 10.0 Å². The van der Waals surface area contributed by atoms with Crippen molar-refractivity contribution in [1.29, 1.82) is 0 Å². The first kappa shape index (κ1) is 27.5. The maximum absolute atomic E-state index is 15.1. The molecule has 5 atom stereocenters. The summed E-state index contributed by atoms with van der Waals surface area (Å²) in [5, 5.41) is 13.0. The molecule has 0 radical (unpaired) electrons. The molecule has 0 saturated carbocycles. The highest BCUT2D eigenvalue weighted by molar-refractivity contribution is 7.88. The number of halogens is 3. The highest BCUT2D eigenvalue weighted by Gasteiger charge is 2.48. The average molecular weight is 600 g/mol. The van der Waals surface area contributed by atoms with Gasteiger partial charge in [0.05, 0.1) is 30.0 Å². The number of pyridine rings is 1. The Kier molecular flexibility index (Phi) is 7.34. The van der Waals surface area contributed by atoms with Crippen LogP contribution >= 0.6 is 11.6 Å². The lowest BCUT2D eigenvalue weighted by Crippen LogP contribution is -2.34. The SMILES string of the molecule is CS(=O)(=O)N1CC=C(C2=CC(F)=C(CNc3nc4nc(O[C@@H]5CO[C@H]6[C@@H]5OC[C@H]6O)[nH]c4cc3Cl)C(F)C2)CC1. The quantitative estimate of drug-likeness (QED) is 0.438. The van der Waals surface area contributed by atoms with Crippen LogP contribution in [0.4, 0.5) is 14.6 Å². The molecule has 1 aliphatic carbocycles. The van der Waals surface area contributed by atoms with Gasteiger partial charge in [-0.1, -0.05) is 17.7 Å². The van der Waals surface area contributed by atoms with Crippen LogP contribution in [0.2, 0.25) is 5.02 Å². The summed E-state index contributed by atoms with van der Waals surface area (Å²) in [4.78, 5) is 11.7. The number of alkyl halides is 1. The van der Waals surface area contributed by atoms with E-state index in [0.717, 1.165) is 11.8 Å². The zero-order valence-electron chi connectivity index (χ0n) is 21.4. The molecular weight excluding hydrogens is 572 g/mol. The fourth-order valence-electron chi connectivity index (χ4n) is 5.38. The third-order valence-electron chi connectivity index (χ3n) is 7.53. The number of aliphatic hydroxyl groups excluding tert-OH is 1. The molecule has 40 heavy (non-hydrogen) atoms. The Morgan fingerprint density at radius 3 is 2.80 bits per heavy atom. The van der Waals surface area contributed by atoms with Gasteiger partial charge in [-0.25, -0.2) is 22.2 Å². The molecule has 216 valence electrons. The van der Waals surface area contributed by atoms with Gasteiger partial charge in [-0.3, -0.25) is 0 Å². The van der Waals surface area contributed by atoms with Crippen molar-refractivity contribution in [2.24, 2.45) is 0 Å². The van der Waals surface area contributed by atoms with Crippen LogP contribution in [-0.4, -0.2) is 102 Å². The van der Waals surface area contributed by atoms with Gasteiger partial charge in [-0.2, -0.15) is 9.29 Å². The number of aromatic amines is 1. The van der Waals surface area contributed by atoms with E-state index in [-0.39, 0.29) is 67.3 Å². The minimum atomic E-state index is -3.32. The highest BCUT2D eigenvalue weighted by Crippen LogP contribution is 2.35. The van der Waals surface area contributed by atoms with Crippen molar-refractivity contribution in [2.75, 3.05) is 44.4 Å². The second kappa shape index (κ2) is 10.7. The van der Waals surface area contributed by atoms with Crippen molar-refractivity contribution in [3.63, 3.8) is 0 Å². The van der Waals surface area contributed by atoms with Crippen molar-refractivity contribution >= 4 is 38.6 Å². The molecule has 2 aromatic heterocycles. The number of nitrogens with one attached hydrogen (secondary N) is 2. The molecule has 3 aliphatic heterocycles. The van der Waals surface area contributed by atoms with Gasteiger partial charge in [0.1, 0.15) is 36.1 Å². The first-order chi connectivity index (χ1) is 19.1. The number of anilines is 1. The summed E-state index contributed by atoms with van der Waals surface area (Å²) in [7, 11) is -3.32. The molecule has 1 unspecified atom stereocenters. The zero-order chi connectivity index (χ0) is 28.2. The Labute approximate surface area is 233 Å². The lowest BCUT2D eigenvalue weighted by Gasteiger charge is -2.28. The number of nitrogens with zero attached hydrogens (tertiary/aromatic N) is 3. The van der Waals surface area contributed by atoms with Crippen molar-refractivity contribution < 1.29 is 36.5 Å². The van der Waals surface area contributed by atoms with Crippen molar-refractivity contribution in [3.8, 4) is 6.01 Å². The fraction of sp³-hybridized carbons (Fsp3) is 0.520. The minimum absolute atomic E-state index is 0.0110. The van der Waals surface area contributed by atoms with Crippen LogP contribution < -0.4 is 10.1 Å². The lowest BCUT2D eigenvalue weighted by atomic mass is 9.88. The molecule has 2 aromatic rings. The molecule has 2 saturated heterocycles. The maximum Gasteiger partial charge on any atom is 0.296 e. The molecule has 15 heteroatoms. The lowest BCUT2D eigenvalue weighted by molar-refractivity contribution is 0.00706. The van der Waals surface area contributed by atoms with Gasteiger partial charge in [0.25, 0.3) is 6.01 Å². The van der Waals surface area contributed by atoms with Crippen molar-refractivity contribution in [3.05, 3.63) is 45.8 Å². The third-order valence-corrected chi connectivity index (χ3v) is 9.09. The number of hydrogen-bond acceptors (Lipinski definition) is 9. The third kappa shape index (κ3) is 5.35. The topological polar surface area (TPSA) is 139 Å². The monoisotopic (exact) mass is 599 g/mol. The van der Waals surface area contributed by atoms with E-state index in [1.807, 2.05) is 0 Å². The summed E-state index contributed by atoms with van der Waals surface area (Å²) in [5.74, 6) is -0.478. The van der Waals surface area contributed by atoms with Crippen LogP contribution in [0.5, 0.6) is 6.01 Å². The summed E-state index contributed by atoms with van der Waals surface area (Å²) in [6.07, 6.45) is 0.975. The van der Waals surface area contributed by atoms with E-state index in [1.165, 1.54) is 10.4 Å². The number of aliphatic hydroxyl groups is 1. The summed E-state index contributed by atoms with van der Waals surface area (Å²) in [6.45, 7) is 0.713. The second-order valence-electron chi connectivity index (χ2n) is 10.2. The molecule has 2 fully saturated rings. The number of fused-ring (bicyclic) bond motifs is 2. The van der Waals surface area contributed by atoms with E-state index >= 15 is 8.78 Å². The Hall–Kier alpha value is -2.62. The molecule has 11 nitrogen and oxygen atoms in total. The Morgan fingerprint density at radius 1 is 1.27 bits per heavy atom. The Morgan fingerprint density at radius 2 is 2.08 bits per heavy atom. The van der Waals surface area contributed by atoms with Crippen LogP contribution in [0.3, 0.4) is 0 Å². The Bertz CT molecular complexity index is 1530. The maximum atomic E-state index is 15.1. The first-order valence-electron chi connectivity index (χ1n) is 12.8. The van der Waals surface area contributed by atoms with Crippen molar-refractivity contribution in [2.45, 2.75) is 43.4 Å². The number of aromatic nitrogens is 3. The number of imidazole rings is 1. The zero-order valence-corrected chi connectivity index (χ0v) is 23.0. The number of hydrogen-bond donors (Lipinski definition) is 3. The molecular formula is C25H28ClF2N5O6S. The molecule has 3 N–H and O–H groups in total. The molecule has 5 heterocycles. The molecule has 0 aromatic carbocycles. The van der Waals surface area contributed by atoms with Gasteiger partial charge in [-0.15, -0.1) is 0 Å². The van der Waals surface area contributed by atoms with Crippen LogP contribution in [0, 0.1) is 0 Å². The van der Waals surface area contributed by atoms with E-state index in [9.17, 15) is 13.5 Å². The number of allylic oxidation sites excluding steroid dienone is 3. The van der Waals surface area contributed by atoms with Gasteiger partial charge in [0.15, 0.2) is 11.8 Å². The van der Waals surface area contributed by atoms with E-state index < -0.39 is 46.4 Å². The smallest absolute Gasteiger partial charge is 0.296 e. The molecule has 0 bridgehead atoms. The number of rotatable bonds is 7. The summed E-state index contributed by atoms with van der Waals surface area (Å²) in [5.41, 5.74) is 2.01. The standard InChI is InChI=1S/C25H28ClF2N5O6S/c1-40(35,36)33-4-2-12(3-5-33)13-6-16(27)14(17(28)7-13)9-29-23-15(26)8-18-24(31-23)32-25(30-18)39-20-11-38-21-19(34)10-37-22(20)21/h2,6,8,17,19-22,34H,3-5,7,9-11H2,1H3,(H2,29,30,31,32)/t17?,19-,20-,21-,22-/m1/s1. The molecule has 0 spiro atoms. The van der Waals surface area contributed by atoms with E-state index in [1.54, 1.807) is 12.1 Å². The number of ether oxygens (including phenoxy) is 3. The molecule has 6 rings (SSSR count). The predicted octanol–water partition coefficient (Wildman–Crippen LogP) is 2.41. The second-order valence-corrected chi connectivity index (χ2v) is 12.6. The van der Waals surface area contributed by atoms with Crippen LogP contribution in [0.1, 0.15) is 12.8 Å². The van der Waals surface area contributed by atoms with Crippen LogP contribution in [0.15, 0.2) is 40.8 Å². The van der Waals surface area contributed by atoms with E-state index in [2.05, 4.69) is 20.3 Å². The van der Waals surface area contributed by atoms with Gasteiger partial charge in [-0.05, 0) is 29.7 Å². The summed E-state index contributed by atoms with van der Waals surface area (Å²) >= 11 is 6.38. The normalized spacial score (nSPS) is 29.5. The molecule has 0 amide bonds. The Balaban J connectivity index is 1.13. The van der Waals surface area contributed by atoms with Crippen molar-refractivity contribution in [1.82, 2.24) is 19.3 Å².